The zero-order chi connectivity index (χ0) is 19.8. The molecular weight excluding hydrogens is 350 g/mol. The molecule has 5 heteroatoms. The average Bonchev–Trinajstić information content (AvgIpc) is 3.01. The Balaban J connectivity index is 2.00. The zero-order valence-corrected chi connectivity index (χ0v) is 15.5. The Hall–Kier alpha value is -3.60. The molecule has 1 radical (unpaired) electrons. The fraction of sp³-hybridized carbons (Fsp3) is 0.130. The number of amides is 2. The number of benzene rings is 3. The second kappa shape index (κ2) is 6.85. The maximum absolute atomic E-state index is 12.0. The highest BCUT2D eigenvalue weighted by molar-refractivity contribution is 6.17. The van der Waals surface area contributed by atoms with Gasteiger partial charge in [0.25, 0.3) is 0 Å². The van der Waals surface area contributed by atoms with Crippen LogP contribution in [0.3, 0.4) is 0 Å². The number of nitrogens with zero attached hydrogens (tertiary/aromatic N) is 1. The van der Waals surface area contributed by atoms with Gasteiger partial charge in [-0.1, -0.05) is 31.2 Å². The standard InChI is InChI=1S/C23H20N3O2/c1-2-14-9-10-17-20(12-14)26(13-15-5-3-6-16(11-15)22(24)27)19-8-4-7-18(21(17)19)23(25)28/h3-9,11-12H,2,13H2,1H3,(H2,24,27)(H2,25,28). The lowest BCUT2D eigenvalue weighted by molar-refractivity contribution is 0.0992. The van der Waals surface area contributed by atoms with Crippen molar-refractivity contribution in [2.24, 2.45) is 11.5 Å². The summed E-state index contributed by atoms with van der Waals surface area (Å²) in [5.41, 5.74) is 16.0. The van der Waals surface area contributed by atoms with E-state index < -0.39 is 11.8 Å². The van der Waals surface area contributed by atoms with Crippen LogP contribution in [0.2, 0.25) is 0 Å². The molecule has 0 atom stereocenters. The Bertz CT molecular complexity index is 1240. The molecule has 0 spiro atoms. The Morgan fingerprint density at radius 2 is 1.75 bits per heavy atom. The van der Waals surface area contributed by atoms with E-state index in [0.29, 0.717) is 17.7 Å². The number of primary amides is 2. The zero-order valence-electron chi connectivity index (χ0n) is 15.5. The molecule has 0 aliphatic rings. The van der Waals surface area contributed by atoms with E-state index in [1.54, 1.807) is 18.2 Å². The van der Waals surface area contributed by atoms with Crippen LogP contribution in [0.5, 0.6) is 0 Å². The molecule has 0 aliphatic carbocycles. The van der Waals surface area contributed by atoms with Crippen molar-refractivity contribution < 1.29 is 9.59 Å². The summed E-state index contributed by atoms with van der Waals surface area (Å²) in [5.74, 6) is -0.921. The van der Waals surface area contributed by atoms with Gasteiger partial charge < -0.3 is 16.0 Å². The average molecular weight is 370 g/mol. The summed E-state index contributed by atoms with van der Waals surface area (Å²) in [5, 5.41) is 1.67. The molecule has 139 valence electrons. The second-order valence-electron chi connectivity index (χ2n) is 6.84. The van der Waals surface area contributed by atoms with E-state index in [-0.39, 0.29) is 0 Å². The molecule has 0 bridgehead atoms. The summed E-state index contributed by atoms with van der Waals surface area (Å²) in [6, 6.07) is 20.2. The Morgan fingerprint density at radius 3 is 2.46 bits per heavy atom. The van der Waals surface area contributed by atoms with E-state index in [4.69, 9.17) is 11.5 Å². The SMILES string of the molecule is CCc1c[c]c2c3c(C(N)=O)cccc3n(Cc3cccc(C(N)=O)c3)c2c1. The van der Waals surface area contributed by atoms with Gasteiger partial charge in [0.1, 0.15) is 0 Å². The molecule has 0 fully saturated rings. The van der Waals surface area contributed by atoms with Crippen LogP contribution in [-0.4, -0.2) is 16.4 Å². The number of rotatable bonds is 5. The van der Waals surface area contributed by atoms with Gasteiger partial charge in [0.15, 0.2) is 0 Å². The van der Waals surface area contributed by atoms with Crippen LogP contribution in [0.4, 0.5) is 0 Å². The van der Waals surface area contributed by atoms with Gasteiger partial charge in [0, 0.05) is 28.4 Å². The fourth-order valence-electron chi connectivity index (χ4n) is 3.68. The minimum absolute atomic E-state index is 0.457. The van der Waals surface area contributed by atoms with Crippen molar-refractivity contribution in [1.29, 1.82) is 0 Å². The van der Waals surface area contributed by atoms with Crippen LogP contribution < -0.4 is 11.5 Å². The summed E-state index contributed by atoms with van der Waals surface area (Å²) in [4.78, 5) is 23.6. The smallest absolute Gasteiger partial charge is 0.249 e. The Kier molecular flexibility index (Phi) is 4.35. The third kappa shape index (κ3) is 2.91. The predicted molar refractivity (Wildman–Crippen MR) is 110 cm³/mol. The maximum atomic E-state index is 12.0. The number of aromatic nitrogens is 1. The van der Waals surface area contributed by atoms with E-state index in [0.717, 1.165) is 39.4 Å². The van der Waals surface area contributed by atoms with Gasteiger partial charge in [-0.05, 0) is 53.9 Å². The molecule has 5 nitrogen and oxygen atoms in total. The van der Waals surface area contributed by atoms with Crippen LogP contribution in [0.25, 0.3) is 21.8 Å². The predicted octanol–water partition coefficient (Wildman–Crippen LogP) is 3.40. The second-order valence-corrected chi connectivity index (χ2v) is 6.84. The lowest BCUT2D eigenvalue weighted by atomic mass is 10.0. The Morgan fingerprint density at radius 1 is 0.964 bits per heavy atom. The summed E-state index contributed by atoms with van der Waals surface area (Å²) in [6.45, 7) is 2.62. The summed E-state index contributed by atoms with van der Waals surface area (Å²) >= 11 is 0. The first-order valence-electron chi connectivity index (χ1n) is 9.13. The van der Waals surface area contributed by atoms with Crippen molar-refractivity contribution in [3.8, 4) is 0 Å². The first-order chi connectivity index (χ1) is 13.5. The molecule has 4 rings (SSSR count). The molecule has 2 amide bonds. The van der Waals surface area contributed by atoms with Crippen LogP contribution in [0, 0.1) is 6.07 Å². The topological polar surface area (TPSA) is 91.1 Å². The molecule has 0 unspecified atom stereocenters. The van der Waals surface area contributed by atoms with Crippen molar-refractivity contribution in [3.05, 3.63) is 82.9 Å². The summed E-state index contributed by atoms with van der Waals surface area (Å²) < 4.78 is 2.13. The monoisotopic (exact) mass is 370 g/mol. The van der Waals surface area contributed by atoms with Gasteiger partial charge in [-0.25, -0.2) is 0 Å². The minimum Gasteiger partial charge on any atom is -0.366 e. The van der Waals surface area contributed by atoms with Crippen LogP contribution >= 0.6 is 0 Å². The van der Waals surface area contributed by atoms with E-state index in [1.807, 2.05) is 30.3 Å². The molecule has 0 saturated heterocycles. The molecular formula is C23H20N3O2. The lowest BCUT2D eigenvalue weighted by Crippen LogP contribution is -2.12. The summed E-state index contributed by atoms with van der Waals surface area (Å²) in [7, 11) is 0. The van der Waals surface area contributed by atoms with Crippen molar-refractivity contribution in [2.45, 2.75) is 19.9 Å². The molecule has 4 N–H and O–H groups in total. The molecule has 28 heavy (non-hydrogen) atoms. The quantitative estimate of drug-likeness (QED) is 0.564. The van der Waals surface area contributed by atoms with Crippen molar-refractivity contribution in [2.75, 3.05) is 0 Å². The van der Waals surface area contributed by atoms with Gasteiger partial charge in [0.05, 0.1) is 11.0 Å². The van der Waals surface area contributed by atoms with Crippen molar-refractivity contribution in [1.82, 2.24) is 4.57 Å². The molecule has 0 saturated carbocycles. The maximum Gasteiger partial charge on any atom is 0.249 e. The molecule has 4 aromatic rings. The van der Waals surface area contributed by atoms with Crippen molar-refractivity contribution >= 4 is 33.6 Å². The van der Waals surface area contributed by atoms with E-state index in [9.17, 15) is 9.59 Å². The summed E-state index contributed by atoms with van der Waals surface area (Å²) in [6.07, 6.45) is 0.883. The highest BCUT2D eigenvalue weighted by Crippen LogP contribution is 2.32. The van der Waals surface area contributed by atoms with E-state index >= 15 is 0 Å². The van der Waals surface area contributed by atoms with Gasteiger partial charge in [-0.3, -0.25) is 9.59 Å². The highest BCUT2D eigenvalue weighted by Gasteiger charge is 2.17. The third-order valence-corrected chi connectivity index (χ3v) is 5.08. The van der Waals surface area contributed by atoms with Gasteiger partial charge in [-0.2, -0.15) is 0 Å². The van der Waals surface area contributed by atoms with Gasteiger partial charge in [-0.15, -0.1) is 0 Å². The number of hydrogen-bond acceptors (Lipinski definition) is 2. The molecule has 1 aromatic heterocycles. The fourth-order valence-corrected chi connectivity index (χ4v) is 3.68. The Labute approximate surface area is 162 Å². The number of carbonyl (C=O) groups is 2. The van der Waals surface area contributed by atoms with Crippen LogP contribution in [-0.2, 0) is 13.0 Å². The number of carbonyl (C=O) groups excluding carboxylic acids is 2. The minimum atomic E-state index is -0.464. The highest BCUT2D eigenvalue weighted by atomic mass is 16.1. The largest absolute Gasteiger partial charge is 0.366 e. The van der Waals surface area contributed by atoms with E-state index in [1.165, 1.54) is 0 Å². The number of aryl methyl sites for hydroxylation is 1. The normalized spacial score (nSPS) is 11.2. The van der Waals surface area contributed by atoms with Crippen LogP contribution in [0.15, 0.2) is 54.6 Å². The number of fused-ring (bicyclic) bond motifs is 3. The third-order valence-electron chi connectivity index (χ3n) is 5.08. The van der Waals surface area contributed by atoms with E-state index in [2.05, 4.69) is 23.6 Å². The van der Waals surface area contributed by atoms with Gasteiger partial charge in [0.2, 0.25) is 11.8 Å². The van der Waals surface area contributed by atoms with Crippen molar-refractivity contribution in [3.63, 3.8) is 0 Å². The van der Waals surface area contributed by atoms with Gasteiger partial charge >= 0.3 is 0 Å². The molecule has 0 aliphatic heterocycles. The van der Waals surface area contributed by atoms with Crippen LogP contribution in [0.1, 0.15) is 38.8 Å². The first kappa shape index (κ1) is 17.8. The molecule has 3 aromatic carbocycles. The molecule has 1 heterocycles. The number of hydrogen-bond donors (Lipinski definition) is 2. The lowest BCUT2D eigenvalue weighted by Gasteiger charge is -2.09. The number of nitrogens with two attached hydrogens (primary N) is 2. The first-order valence-corrected chi connectivity index (χ1v) is 9.13.